The first-order valence-electron chi connectivity index (χ1n) is 6.28. The Morgan fingerprint density at radius 1 is 1.25 bits per heavy atom. The van der Waals surface area contributed by atoms with Crippen LogP contribution in [0.25, 0.3) is 0 Å². The Kier molecular flexibility index (Phi) is 5.94. The second-order valence-electron chi connectivity index (χ2n) is 4.41. The minimum Gasteiger partial charge on any atom is -0.372 e. The third kappa shape index (κ3) is 4.23. The number of nitrogens with zero attached hydrogens (tertiary/aromatic N) is 1. The molecule has 16 heavy (non-hydrogen) atoms. The summed E-state index contributed by atoms with van der Waals surface area (Å²) in [5.41, 5.74) is 6.86. The van der Waals surface area contributed by atoms with Crippen molar-refractivity contribution in [2.45, 2.75) is 26.7 Å². The molecule has 0 heterocycles. The number of nitrogens with two attached hydrogens (primary N) is 1. The Labute approximate surface area is 99.5 Å². The van der Waals surface area contributed by atoms with Crippen LogP contribution in [0.3, 0.4) is 0 Å². The minimum atomic E-state index is 0.712. The van der Waals surface area contributed by atoms with Crippen molar-refractivity contribution in [2.75, 3.05) is 24.5 Å². The first-order chi connectivity index (χ1) is 7.77. The van der Waals surface area contributed by atoms with E-state index in [2.05, 4.69) is 49.1 Å². The van der Waals surface area contributed by atoms with E-state index >= 15 is 0 Å². The molecule has 0 saturated carbocycles. The Balaban J connectivity index is 2.49. The zero-order chi connectivity index (χ0) is 11.8. The standard InChI is InChI=1S/C14H24N2/c1-3-16(12-13(2)8-7-11-15)14-9-5-4-6-10-14/h4-6,9-10,13H,3,7-8,11-12,15H2,1-2H3. The largest absolute Gasteiger partial charge is 0.372 e. The van der Waals surface area contributed by atoms with E-state index in [4.69, 9.17) is 5.73 Å². The van der Waals surface area contributed by atoms with Gasteiger partial charge in [0.25, 0.3) is 0 Å². The van der Waals surface area contributed by atoms with Gasteiger partial charge >= 0.3 is 0 Å². The second-order valence-corrected chi connectivity index (χ2v) is 4.41. The number of anilines is 1. The third-order valence-electron chi connectivity index (χ3n) is 2.94. The van der Waals surface area contributed by atoms with Crippen LogP contribution in [0.5, 0.6) is 0 Å². The van der Waals surface area contributed by atoms with Crippen LogP contribution in [0.1, 0.15) is 26.7 Å². The summed E-state index contributed by atoms with van der Waals surface area (Å²) in [6.07, 6.45) is 2.35. The van der Waals surface area contributed by atoms with Crippen LogP contribution in [-0.2, 0) is 0 Å². The number of benzene rings is 1. The molecule has 1 aromatic rings. The van der Waals surface area contributed by atoms with Crippen molar-refractivity contribution in [1.29, 1.82) is 0 Å². The van der Waals surface area contributed by atoms with Gasteiger partial charge in [0.2, 0.25) is 0 Å². The molecule has 0 aliphatic heterocycles. The Morgan fingerprint density at radius 2 is 1.94 bits per heavy atom. The maximum Gasteiger partial charge on any atom is 0.0366 e. The van der Waals surface area contributed by atoms with Gasteiger partial charge in [-0.05, 0) is 44.4 Å². The molecule has 1 rings (SSSR count). The highest BCUT2D eigenvalue weighted by atomic mass is 15.1. The zero-order valence-corrected chi connectivity index (χ0v) is 10.5. The van der Waals surface area contributed by atoms with Crippen molar-refractivity contribution in [3.05, 3.63) is 30.3 Å². The minimum absolute atomic E-state index is 0.712. The summed E-state index contributed by atoms with van der Waals surface area (Å²) in [6.45, 7) is 7.52. The fourth-order valence-corrected chi connectivity index (χ4v) is 1.99. The van der Waals surface area contributed by atoms with Gasteiger partial charge in [-0.2, -0.15) is 0 Å². The molecule has 1 unspecified atom stereocenters. The summed E-state index contributed by atoms with van der Waals surface area (Å²) in [4.78, 5) is 2.43. The predicted molar refractivity (Wildman–Crippen MR) is 71.8 cm³/mol. The van der Waals surface area contributed by atoms with Crippen LogP contribution in [0, 0.1) is 5.92 Å². The van der Waals surface area contributed by atoms with E-state index in [1.807, 2.05) is 0 Å². The van der Waals surface area contributed by atoms with E-state index in [1.54, 1.807) is 0 Å². The van der Waals surface area contributed by atoms with Gasteiger partial charge in [0.1, 0.15) is 0 Å². The number of rotatable bonds is 7. The topological polar surface area (TPSA) is 29.3 Å². The number of hydrogen-bond acceptors (Lipinski definition) is 2. The monoisotopic (exact) mass is 220 g/mol. The molecular formula is C14H24N2. The van der Waals surface area contributed by atoms with E-state index in [9.17, 15) is 0 Å². The molecule has 0 bridgehead atoms. The first kappa shape index (κ1) is 13.0. The summed E-state index contributed by atoms with van der Waals surface area (Å²) in [7, 11) is 0. The molecule has 1 atom stereocenters. The smallest absolute Gasteiger partial charge is 0.0366 e. The molecule has 90 valence electrons. The fraction of sp³-hybridized carbons (Fsp3) is 0.571. The van der Waals surface area contributed by atoms with Crippen molar-refractivity contribution in [3.8, 4) is 0 Å². The molecule has 2 heteroatoms. The number of hydrogen-bond donors (Lipinski definition) is 1. The molecule has 0 amide bonds. The van der Waals surface area contributed by atoms with Gasteiger partial charge in [-0.3, -0.25) is 0 Å². The summed E-state index contributed by atoms with van der Waals surface area (Å²) in [6, 6.07) is 10.6. The molecule has 0 spiro atoms. The molecule has 1 aromatic carbocycles. The van der Waals surface area contributed by atoms with E-state index in [0.29, 0.717) is 5.92 Å². The van der Waals surface area contributed by atoms with Crippen LogP contribution in [0.2, 0.25) is 0 Å². The van der Waals surface area contributed by atoms with E-state index in [0.717, 1.165) is 26.1 Å². The summed E-state index contributed by atoms with van der Waals surface area (Å²) in [5, 5.41) is 0. The van der Waals surface area contributed by atoms with E-state index in [-0.39, 0.29) is 0 Å². The quantitative estimate of drug-likeness (QED) is 0.765. The molecule has 0 aliphatic rings. The average Bonchev–Trinajstić information content (AvgIpc) is 2.34. The molecule has 0 aliphatic carbocycles. The van der Waals surface area contributed by atoms with Gasteiger partial charge < -0.3 is 10.6 Å². The Bertz CT molecular complexity index is 271. The summed E-state index contributed by atoms with van der Waals surface area (Å²) >= 11 is 0. The van der Waals surface area contributed by atoms with Gasteiger partial charge in [0, 0.05) is 18.8 Å². The van der Waals surface area contributed by atoms with Crippen molar-refractivity contribution in [2.24, 2.45) is 11.7 Å². The zero-order valence-electron chi connectivity index (χ0n) is 10.5. The lowest BCUT2D eigenvalue weighted by molar-refractivity contribution is 0.506. The lowest BCUT2D eigenvalue weighted by Gasteiger charge is -2.26. The lowest BCUT2D eigenvalue weighted by Crippen LogP contribution is -2.28. The van der Waals surface area contributed by atoms with Gasteiger partial charge in [0.05, 0.1) is 0 Å². The van der Waals surface area contributed by atoms with Gasteiger partial charge in [-0.1, -0.05) is 25.1 Å². The first-order valence-corrected chi connectivity index (χ1v) is 6.28. The van der Waals surface area contributed by atoms with Crippen LogP contribution in [-0.4, -0.2) is 19.6 Å². The maximum absolute atomic E-state index is 5.54. The highest BCUT2D eigenvalue weighted by Gasteiger charge is 2.08. The van der Waals surface area contributed by atoms with Crippen molar-refractivity contribution < 1.29 is 0 Å². The molecular weight excluding hydrogens is 196 g/mol. The Hall–Kier alpha value is -1.02. The molecule has 0 saturated heterocycles. The van der Waals surface area contributed by atoms with Crippen LogP contribution < -0.4 is 10.6 Å². The second kappa shape index (κ2) is 7.29. The molecule has 0 aromatic heterocycles. The van der Waals surface area contributed by atoms with E-state index < -0.39 is 0 Å². The summed E-state index contributed by atoms with van der Waals surface area (Å²) < 4.78 is 0. The highest BCUT2D eigenvalue weighted by Crippen LogP contribution is 2.16. The van der Waals surface area contributed by atoms with Crippen LogP contribution in [0.15, 0.2) is 30.3 Å². The van der Waals surface area contributed by atoms with Crippen molar-refractivity contribution in [1.82, 2.24) is 0 Å². The number of para-hydroxylation sites is 1. The predicted octanol–water partition coefficient (Wildman–Crippen LogP) is 2.89. The van der Waals surface area contributed by atoms with Crippen LogP contribution >= 0.6 is 0 Å². The third-order valence-corrected chi connectivity index (χ3v) is 2.94. The average molecular weight is 220 g/mol. The van der Waals surface area contributed by atoms with Gasteiger partial charge in [-0.15, -0.1) is 0 Å². The Morgan fingerprint density at radius 3 is 2.50 bits per heavy atom. The molecule has 2 nitrogen and oxygen atoms in total. The molecule has 0 fully saturated rings. The van der Waals surface area contributed by atoms with Gasteiger partial charge in [-0.25, -0.2) is 0 Å². The molecule has 2 N–H and O–H groups in total. The normalized spacial score (nSPS) is 12.4. The lowest BCUT2D eigenvalue weighted by atomic mass is 10.0. The van der Waals surface area contributed by atoms with Crippen molar-refractivity contribution in [3.63, 3.8) is 0 Å². The highest BCUT2D eigenvalue weighted by molar-refractivity contribution is 5.45. The summed E-state index contributed by atoms with van der Waals surface area (Å²) in [5.74, 6) is 0.712. The van der Waals surface area contributed by atoms with E-state index in [1.165, 1.54) is 12.1 Å². The SMILES string of the molecule is CCN(CC(C)CCCN)c1ccccc1. The fourth-order valence-electron chi connectivity index (χ4n) is 1.99. The van der Waals surface area contributed by atoms with Crippen molar-refractivity contribution >= 4 is 5.69 Å². The van der Waals surface area contributed by atoms with Crippen LogP contribution in [0.4, 0.5) is 5.69 Å². The van der Waals surface area contributed by atoms with Gasteiger partial charge in [0.15, 0.2) is 0 Å². The maximum atomic E-state index is 5.54. The molecule has 0 radical (unpaired) electrons.